The SMILES string of the molecule is COCC1(Cc2ccccc2OC(F)(F)F)CCN(Cc2cnc(C)n2Cc2ccc(C#N)cc2)CC1. The van der Waals surface area contributed by atoms with Gasteiger partial charge in [-0.1, -0.05) is 30.3 Å². The summed E-state index contributed by atoms with van der Waals surface area (Å²) in [6, 6.07) is 16.1. The smallest absolute Gasteiger partial charge is 0.406 e. The number of nitriles is 1. The molecule has 4 rings (SSSR count). The first-order valence-corrected chi connectivity index (χ1v) is 12.3. The topological polar surface area (TPSA) is 63.3 Å². The third-order valence-corrected chi connectivity index (χ3v) is 7.08. The second-order valence-electron chi connectivity index (χ2n) is 9.73. The number of benzene rings is 2. The molecular weight excluding hydrogens is 481 g/mol. The van der Waals surface area contributed by atoms with E-state index < -0.39 is 6.36 Å². The molecule has 0 radical (unpaired) electrons. The van der Waals surface area contributed by atoms with Crippen molar-refractivity contribution in [1.29, 1.82) is 5.26 Å². The summed E-state index contributed by atoms with van der Waals surface area (Å²) < 4.78 is 50.8. The molecule has 0 bridgehead atoms. The molecule has 37 heavy (non-hydrogen) atoms. The summed E-state index contributed by atoms with van der Waals surface area (Å²) >= 11 is 0. The lowest BCUT2D eigenvalue weighted by Gasteiger charge is -2.42. The predicted octanol–water partition coefficient (Wildman–Crippen LogP) is 5.48. The molecule has 1 aromatic heterocycles. The van der Waals surface area contributed by atoms with Crippen molar-refractivity contribution in [3.05, 3.63) is 82.9 Å². The van der Waals surface area contributed by atoms with Crippen molar-refractivity contribution < 1.29 is 22.6 Å². The second kappa shape index (κ2) is 11.4. The molecular formula is C28H31F3N4O2. The third-order valence-electron chi connectivity index (χ3n) is 7.08. The van der Waals surface area contributed by atoms with Gasteiger partial charge in [0.15, 0.2) is 0 Å². The number of nitrogens with zero attached hydrogens (tertiary/aromatic N) is 4. The normalized spacial score (nSPS) is 15.9. The van der Waals surface area contributed by atoms with Crippen molar-refractivity contribution in [2.75, 3.05) is 26.8 Å². The van der Waals surface area contributed by atoms with Crippen LogP contribution in [0.5, 0.6) is 5.75 Å². The molecule has 0 spiro atoms. The largest absolute Gasteiger partial charge is 0.573 e. The van der Waals surface area contributed by atoms with Crippen molar-refractivity contribution in [2.24, 2.45) is 5.41 Å². The fourth-order valence-corrected chi connectivity index (χ4v) is 5.10. The summed E-state index contributed by atoms with van der Waals surface area (Å²) in [4.78, 5) is 6.88. The molecule has 2 aromatic carbocycles. The zero-order valence-corrected chi connectivity index (χ0v) is 21.1. The molecule has 1 fully saturated rings. The highest BCUT2D eigenvalue weighted by Gasteiger charge is 2.37. The summed E-state index contributed by atoms with van der Waals surface area (Å²) in [5.41, 5.74) is 3.10. The molecule has 0 saturated carbocycles. The number of alkyl halides is 3. The number of piperidine rings is 1. The van der Waals surface area contributed by atoms with Crippen molar-refractivity contribution in [3.63, 3.8) is 0 Å². The van der Waals surface area contributed by atoms with Gasteiger partial charge in [0, 0.05) is 31.8 Å². The number of likely N-dealkylation sites (tertiary alicyclic amines) is 1. The standard InChI is InChI=1S/C28H31F3N4O2/c1-21-33-17-25(35(21)18-23-9-7-22(16-32)8-10-23)19-34-13-11-27(12-14-34,20-36-2)15-24-5-3-4-6-26(24)37-28(29,30)31/h3-10,17H,11-15,18-20H2,1-2H3. The fourth-order valence-electron chi connectivity index (χ4n) is 5.10. The number of methoxy groups -OCH3 is 1. The Hall–Kier alpha value is -3.35. The van der Waals surface area contributed by atoms with Crippen molar-refractivity contribution >= 4 is 0 Å². The summed E-state index contributed by atoms with van der Waals surface area (Å²) in [6.07, 6.45) is -0.780. The number of para-hydroxylation sites is 1. The molecule has 1 saturated heterocycles. The minimum atomic E-state index is -4.73. The Morgan fingerprint density at radius 1 is 1.05 bits per heavy atom. The average Bonchev–Trinajstić information content (AvgIpc) is 3.20. The fraction of sp³-hybridized carbons (Fsp3) is 0.429. The lowest BCUT2D eigenvalue weighted by Crippen LogP contribution is -2.43. The molecule has 0 atom stereocenters. The number of ether oxygens (including phenoxy) is 2. The molecule has 2 heterocycles. The second-order valence-corrected chi connectivity index (χ2v) is 9.73. The van der Waals surface area contributed by atoms with E-state index in [4.69, 9.17) is 10.00 Å². The lowest BCUT2D eigenvalue weighted by atomic mass is 9.74. The highest BCUT2D eigenvalue weighted by Crippen LogP contribution is 2.39. The Morgan fingerprint density at radius 2 is 1.76 bits per heavy atom. The quantitative estimate of drug-likeness (QED) is 0.380. The number of aromatic nitrogens is 2. The maximum Gasteiger partial charge on any atom is 0.573 e. The van der Waals surface area contributed by atoms with Crippen molar-refractivity contribution in [1.82, 2.24) is 14.5 Å². The van der Waals surface area contributed by atoms with Crippen LogP contribution in [-0.4, -0.2) is 47.6 Å². The van der Waals surface area contributed by atoms with E-state index in [1.165, 1.54) is 6.07 Å². The van der Waals surface area contributed by atoms with E-state index in [9.17, 15) is 13.2 Å². The van der Waals surface area contributed by atoms with Crippen LogP contribution < -0.4 is 4.74 Å². The van der Waals surface area contributed by atoms with Gasteiger partial charge in [0.05, 0.1) is 23.9 Å². The molecule has 0 amide bonds. The first-order chi connectivity index (χ1) is 17.7. The van der Waals surface area contributed by atoms with Crippen molar-refractivity contribution in [3.8, 4) is 11.8 Å². The van der Waals surface area contributed by atoms with E-state index in [1.54, 1.807) is 25.3 Å². The van der Waals surface area contributed by atoms with Crippen LogP contribution >= 0.6 is 0 Å². The summed E-state index contributed by atoms with van der Waals surface area (Å²) in [6.45, 7) is 5.45. The number of halogens is 3. The number of hydrogen-bond donors (Lipinski definition) is 0. The summed E-state index contributed by atoms with van der Waals surface area (Å²) in [5, 5.41) is 9.04. The van der Waals surface area contributed by atoms with Gasteiger partial charge in [-0.05, 0) is 68.6 Å². The van der Waals surface area contributed by atoms with Gasteiger partial charge in [-0.15, -0.1) is 13.2 Å². The highest BCUT2D eigenvalue weighted by atomic mass is 19.4. The van der Waals surface area contributed by atoms with Gasteiger partial charge in [-0.25, -0.2) is 4.98 Å². The molecule has 196 valence electrons. The lowest BCUT2D eigenvalue weighted by molar-refractivity contribution is -0.275. The van der Waals surface area contributed by atoms with Crippen LogP contribution in [0.15, 0.2) is 54.7 Å². The van der Waals surface area contributed by atoms with E-state index in [2.05, 4.69) is 25.3 Å². The molecule has 1 aliphatic heterocycles. The number of rotatable bonds is 9. The van der Waals surface area contributed by atoms with Crippen molar-refractivity contribution in [2.45, 2.75) is 45.6 Å². The molecule has 0 aliphatic carbocycles. The van der Waals surface area contributed by atoms with Crippen LogP contribution in [0.25, 0.3) is 0 Å². The van der Waals surface area contributed by atoms with Gasteiger partial charge >= 0.3 is 6.36 Å². The zero-order chi connectivity index (χ0) is 26.5. The molecule has 6 nitrogen and oxygen atoms in total. The Labute approximate surface area is 215 Å². The van der Waals surface area contributed by atoms with Gasteiger partial charge in [-0.2, -0.15) is 5.26 Å². The van der Waals surface area contributed by atoms with E-state index in [-0.39, 0.29) is 11.2 Å². The minimum absolute atomic E-state index is 0.143. The number of hydrogen-bond acceptors (Lipinski definition) is 5. The zero-order valence-electron chi connectivity index (χ0n) is 21.1. The van der Waals surface area contributed by atoms with Crippen LogP contribution in [0, 0.1) is 23.7 Å². The van der Waals surface area contributed by atoms with Crippen LogP contribution in [0.1, 0.15) is 41.1 Å². The Bertz CT molecular complexity index is 1220. The molecule has 3 aromatic rings. The van der Waals surface area contributed by atoms with Gasteiger partial charge in [0.2, 0.25) is 0 Å². The van der Waals surface area contributed by atoms with E-state index in [0.717, 1.165) is 49.6 Å². The first-order valence-electron chi connectivity index (χ1n) is 12.3. The number of imidazole rings is 1. The monoisotopic (exact) mass is 512 g/mol. The number of aryl methyl sites for hydroxylation is 1. The van der Waals surface area contributed by atoms with E-state index >= 15 is 0 Å². The average molecular weight is 513 g/mol. The molecule has 0 unspecified atom stereocenters. The maximum atomic E-state index is 12.9. The van der Waals surface area contributed by atoms with Gasteiger partial charge in [0.25, 0.3) is 0 Å². The maximum absolute atomic E-state index is 12.9. The first kappa shape index (κ1) is 26.7. The van der Waals surface area contributed by atoms with Gasteiger partial charge in [-0.3, -0.25) is 4.90 Å². The minimum Gasteiger partial charge on any atom is -0.406 e. The Morgan fingerprint density at radius 3 is 2.41 bits per heavy atom. The molecule has 0 N–H and O–H groups in total. The Kier molecular flexibility index (Phi) is 8.20. The summed E-state index contributed by atoms with van der Waals surface area (Å²) in [7, 11) is 1.64. The van der Waals surface area contributed by atoms with Gasteiger partial charge < -0.3 is 14.0 Å². The van der Waals surface area contributed by atoms with Gasteiger partial charge in [0.1, 0.15) is 11.6 Å². The Balaban J connectivity index is 1.43. The molecule has 9 heteroatoms. The van der Waals surface area contributed by atoms with Crippen LogP contribution in [0.2, 0.25) is 0 Å². The van der Waals surface area contributed by atoms with Crippen LogP contribution in [0.3, 0.4) is 0 Å². The van der Waals surface area contributed by atoms with E-state index in [1.807, 2.05) is 37.4 Å². The highest BCUT2D eigenvalue weighted by molar-refractivity contribution is 5.35. The van der Waals surface area contributed by atoms with E-state index in [0.29, 0.717) is 30.7 Å². The summed E-state index contributed by atoms with van der Waals surface area (Å²) in [5.74, 6) is 0.779. The third kappa shape index (κ3) is 6.90. The predicted molar refractivity (Wildman–Crippen MR) is 133 cm³/mol. The molecule has 1 aliphatic rings. The van der Waals surface area contributed by atoms with Crippen LogP contribution in [0.4, 0.5) is 13.2 Å². The van der Waals surface area contributed by atoms with Crippen LogP contribution in [-0.2, 0) is 24.2 Å².